The number of rotatable bonds is 7. The van der Waals surface area contributed by atoms with Gasteiger partial charge in [-0.1, -0.05) is 26.0 Å². The number of nitrogens with one attached hydrogen (secondary N) is 2. The second-order valence-corrected chi connectivity index (χ2v) is 7.86. The van der Waals surface area contributed by atoms with Crippen LogP contribution in [0.2, 0.25) is 0 Å². The number of carbonyl (C=O) groups excluding carboxylic acids is 3. The summed E-state index contributed by atoms with van der Waals surface area (Å²) in [5.74, 6) is -0.355. The normalized spacial score (nSPS) is 14.6. The first-order chi connectivity index (χ1) is 15.4. The third-order valence-electron chi connectivity index (χ3n) is 5.31. The summed E-state index contributed by atoms with van der Waals surface area (Å²) in [4.78, 5) is 40.5. The fourth-order valence-corrected chi connectivity index (χ4v) is 3.44. The van der Waals surface area contributed by atoms with Crippen LogP contribution in [0, 0.1) is 5.92 Å². The smallest absolute Gasteiger partial charge is 0.255 e. The molecule has 0 aromatic heterocycles. The largest absolute Gasteiger partial charge is 0.497 e. The third kappa shape index (κ3) is 5.64. The summed E-state index contributed by atoms with van der Waals surface area (Å²) in [5.41, 5.74) is 1.09. The minimum Gasteiger partial charge on any atom is -0.497 e. The van der Waals surface area contributed by atoms with Gasteiger partial charge < -0.3 is 25.0 Å². The number of hydrogen-bond acceptors (Lipinski definition) is 5. The van der Waals surface area contributed by atoms with E-state index < -0.39 is 11.9 Å². The zero-order chi connectivity index (χ0) is 23.1. The molecule has 1 aliphatic rings. The molecular weight excluding hydrogens is 410 g/mol. The molecule has 1 aliphatic heterocycles. The van der Waals surface area contributed by atoms with Crippen LogP contribution in [0.25, 0.3) is 0 Å². The molecule has 2 aromatic carbocycles. The van der Waals surface area contributed by atoms with Gasteiger partial charge in [0, 0.05) is 18.7 Å². The van der Waals surface area contributed by atoms with Crippen molar-refractivity contribution < 1.29 is 23.9 Å². The Morgan fingerprint density at radius 3 is 2.25 bits per heavy atom. The van der Waals surface area contributed by atoms with Crippen LogP contribution in [0.15, 0.2) is 48.5 Å². The highest BCUT2D eigenvalue weighted by atomic mass is 16.5. The van der Waals surface area contributed by atoms with Gasteiger partial charge in [-0.15, -0.1) is 0 Å². The second kappa shape index (κ2) is 10.8. The first kappa shape index (κ1) is 23.3. The lowest BCUT2D eigenvalue weighted by molar-refractivity contribution is -0.138. The number of morpholine rings is 1. The maximum absolute atomic E-state index is 13.1. The van der Waals surface area contributed by atoms with Gasteiger partial charge in [0.25, 0.3) is 11.8 Å². The summed E-state index contributed by atoms with van der Waals surface area (Å²) in [5, 5.41) is 5.65. The van der Waals surface area contributed by atoms with E-state index in [2.05, 4.69) is 10.6 Å². The Hall–Kier alpha value is -3.39. The molecule has 8 nitrogen and oxygen atoms in total. The predicted octanol–water partition coefficient (Wildman–Crippen LogP) is 2.56. The Balaban J connectivity index is 1.74. The highest BCUT2D eigenvalue weighted by Crippen LogP contribution is 2.19. The maximum atomic E-state index is 13.1. The molecule has 170 valence electrons. The number of methoxy groups -OCH3 is 1. The zero-order valence-corrected chi connectivity index (χ0v) is 18.6. The Bertz CT molecular complexity index is 952. The quantitative estimate of drug-likeness (QED) is 0.691. The second-order valence-electron chi connectivity index (χ2n) is 7.86. The molecule has 3 amide bonds. The first-order valence-corrected chi connectivity index (χ1v) is 10.6. The van der Waals surface area contributed by atoms with Gasteiger partial charge in [0.2, 0.25) is 5.91 Å². The average Bonchev–Trinajstić information content (AvgIpc) is 2.82. The number of benzene rings is 2. The fraction of sp³-hybridized carbons (Fsp3) is 0.375. The molecule has 1 atom stereocenters. The maximum Gasteiger partial charge on any atom is 0.255 e. The van der Waals surface area contributed by atoms with Crippen LogP contribution in [0.4, 0.5) is 5.69 Å². The molecule has 0 bridgehead atoms. The summed E-state index contributed by atoms with van der Waals surface area (Å²) >= 11 is 0. The summed E-state index contributed by atoms with van der Waals surface area (Å²) in [6.07, 6.45) is 0. The lowest BCUT2D eigenvalue weighted by Gasteiger charge is -2.32. The van der Waals surface area contributed by atoms with Gasteiger partial charge in [-0.3, -0.25) is 14.4 Å². The van der Waals surface area contributed by atoms with Crippen LogP contribution in [0.5, 0.6) is 5.75 Å². The van der Waals surface area contributed by atoms with Crippen molar-refractivity contribution in [2.24, 2.45) is 5.92 Å². The Kier molecular flexibility index (Phi) is 7.83. The lowest BCUT2D eigenvalue weighted by Crippen LogP contribution is -2.53. The van der Waals surface area contributed by atoms with E-state index in [1.807, 2.05) is 13.8 Å². The van der Waals surface area contributed by atoms with Crippen LogP contribution in [-0.4, -0.2) is 62.1 Å². The van der Waals surface area contributed by atoms with Crippen molar-refractivity contribution in [1.29, 1.82) is 0 Å². The van der Waals surface area contributed by atoms with E-state index in [0.29, 0.717) is 43.3 Å². The molecule has 8 heteroatoms. The predicted molar refractivity (Wildman–Crippen MR) is 121 cm³/mol. The molecular formula is C24H29N3O5. The van der Waals surface area contributed by atoms with E-state index in [4.69, 9.17) is 9.47 Å². The topological polar surface area (TPSA) is 97.0 Å². The summed E-state index contributed by atoms with van der Waals surface area (Å²) in [6, 6.07) is 12.7. The minimum atomic E-state index is -0.675. The van der Waals surface area contributed by atoms with E-state index in [1.54, 1.807) is 60.5 Å². The molecule has 1 heterocycles. The first-order valence-electron chi connectivity index (χ1n) is 10.6. The summed E-state index contributed by atoms with van der Waals surface area (Å²) < 4.78 is 10.4. The van der Waals surface area contributed by atoms with Crippen molar-refractivity contribution in [2.45, 2.75) is 19.9 Å². The van der Waals surface area contributed by atoms with Gasteiger partial charge in [-0.2, -0.15) is 0 Å². The monoisotopic (exact) mass is 439 g/mol. The Morgan fingerprint density at radius 2 is 1.62 bits per heavy atom. The van der Waals surface area contributed by atoms with Gasteiger partial charge in [-0.25, -0.2) is 0 Å². The van der Waals surface area contributed by atoms with Gasteiger partial charge in [0.1, 0.15) is 11.8 Å². The third-order valence-corrected chi connectivity index (χ3v) is 5.31. The van der Waals surface area contributed by atoms with Gasteiger partial charge >= 0.3 is 0 Å². The molecule has 0 radical (unpaired) electrons. The number of hydrogen-bond donors (Lipinski definition) is 2. The van der Waals surface area contributed by atoms with Crippen LogP contribution in [0.1, 0.15) is 34.6 Å². The minimum absolute atomic E-state index is 0.102. The van der Waals surface area contributed by atoms with Gasteiger partial charge in [0.15, 0.2) is 0 Å². The van der Waals surface area contributed by atoms with Crippen LogP contribution in [-0.2, 0) is 9.53 Å². The van der Waals surface area contributed by atoms with E-state index in [-0.39, 0.29) is 23.3 Å². The lowest BCUT2D eigenvalue weighted by atomic mass is 10.0. The number of carbonyl (C=O) groups is 3. The molecule has 0 spiro atoms. The van der Waals surface area contributed by atoms with Crippen molar-refractivity contribution in [3.8, 4) is 5.75 Å². The van der Waals surface area contributed by atoms with E-state index in [1.165, 1.54) is 0 Å². The molecule has 3 rings (SSSR count). The van der Waals surface area contributed by atoms with Crippen LogP contribution >= 0.6 is 0 Å². The SMILES string of the molecule is COc1ccc(C(=O)Nc2ccccc2C(=O)NC(C(=O)N2CCOCC2)C(C)C)cc1. The summed E-state index contributed by atoms with van der Waals surface area (Å²) in [7, 11) is 1.55. The van der Waals surface area contributed by atoms with Gasteiger partial charge in [-0.05, 0) is 42.3 Å². The van der Waals surface area contributed by atoms with Gasteiger partial charge in [0.05, 0.1) is 31.6 Å². The van der Waals surface area contributed by atoms with Crippen LogP contribution < -0.4 is 15.4 Å². The number of amides is 3. The van der Waals surface area contributed by atoms with Crippen molar-refractivity contribution in [1.82, 2.24) is 10.2 Å². The van der Waals surface area contributed by atoms with Crippen molar-refractivity contribution in [3.63, 3.8) is 0 Å². The van der Waals surface area contributed by atoms with E-state index in [9.17, 15) is 14.4 Å². The molecule has 1 saturated heterocycles. The average molecular weight is 440 g/mol. The molecule has 2 N–H and O–H groups in total. The molecule has 1 fully saturated rings. The fourth-order valence-electron chi connectivity index (χ4n) is 3.44. The molecule has 0 saturated carbocycles. The molecule has 32 heavy (non-hydrogen) atoms. The highest BCUT2D eigenvalue weighted by molar-refractivity contribution is 6.09. The number of anilines is 1. The number of ether oxygens (including phenoxy) is 2. The standard InChI is InChI=1S/C24H29N3O5/c1-16(2)21(24(30)27-12-14-32-15-13-27)26-23(29)19-6-4-5-7-20(19)25-22(28)17-8-10-18(31-3)11-9-17/h4-11,16,21H,12-15H2,1-3H3,(H,25,28)(H,26,29). The number of nitrogens with zero attached hydrogens (tertiary/aromatic N) is 1. The Morgan fingerprint density at radius 1 is 0.969 bits per heavy atom. The molecule has 1 unspecified atom stereocenters. The summed E-state index contributed by atoms with van der Waals surface area (Å²) in [6.45, 7) is 5.77. The van der Waals surface area contributed by atoms with E-state index >= 15 is 0 Å². The van der Waals surface area contributed by atoms with E-state index in [0.717, 1.165) is 0 Å². The molecule has 0 aliphatic carbocycles. The highest BCUT2D eigenvalue weighted by Gasteiger charge is 2.30. The van der Waals surface area contributed by atoms with Crippen LogP contribution in [0.3, 0.4) is 0 Å². The van der Waals surface area contributed by atoms with Crippen molar-refractivity contribution in [2.75, 3.05) is 38.7 Å². The van der Waals surface area contributed by atoms with Crippen molar-refractivity contribution in [3.05, 3.63) is 59.7 Å². The zero-order valence-electron chi connectivity index (χ0n) is 18.6. The van der Waals surface area contributed by atoms with Crippen molar-refractivity contribution >= 4 is 23.4 Å². The number of para-hydroxylation sites is 1. The molecule has 2 aromatic rings. The Labute approximate surface area is 187 Å².